The summed E-state index contributed by atoms with van der Waals surface area (Å²) < 4.78 is 50.7. The third-order valence-electron chi connectivity index (χ3n) is 32.6. The van der Waals surface area contributed by atoms with E-state index < -0.39 is 118 Å². The van der Waals surface area contributed by atoms with Crippen LogP contribution >= 0.6 is 0 Å². The van der Waals surface area contributed by atoms with Crippen molar-refractivity contribution in [3.05, 3.63) is 48.1 Å². The fourth-order valence-electron chi connectivity index (χ4n) is 22.5. The number of ether oxygens (including phenoxy) is 9. The van der Waals surface area contributed by atoms with Gasteiger partial charge in [0.1, 0.15) is 53.1 Å². The second kappa shape index (κ2) is 58.0. The van der Waals surface area contributed by atoms with E-state index in [0.717, 1.165) is 107 Å². The van der Waals surface area contributed by atoms with Gasteiger partial charge in [0.05, 0.1) is 49.8 Å². The number of ketones is 6. The van der Waals surface area contributed by atoms with Gasteiger partial charge in [0.2, 0.25) is 5.91 Å². The first kappa shape index (κ1) is 124. The first-order chi connectivity index (χ1) is 66.1. The van der Waals surface area contributed by atoms with Crippen molar-refractivity contribution in [2.45, 2.75) is 413 Å². The van der Waals surface area contributed by atoms with Crippen LogP contribution in [0.5, 0.6) is 0 Å². The number of Topliss-reactive ketones (excluding diaryl/α,β-unsaturated/α-hetero) is 4. The summed E-state index contributed by atoms with van der Waals surface area (Å²) in [4.78, 5) is 179. The van der Waals surface area contributed by atoms with E-state index in [1.807, 2.05) is 54.5 Å². The zero-order valence-electron chi connectivity index (χ0n) is 89.7. The number of aliphatic hydroxyl groups is 1. The average molecular weight is 1990 g/mol. The smallest absolute Gasteiger partial charge is 0.328 e. The Morgan fingerprint density at radius 3 is 1.27 bits per heavy atom. The van der Waals surface area contributed by atoms with Gasteiger partial charge in [-0.15, -0.1) is 0 Å². The lowest BCUT2D eigenvalue weighted by Gasteiger charge is -2.44. The quantitative estimate of drug-likeness (QED) is 0.0144. The Bertz CT molecular complexity index is 4250. The number of hydrogen-bond donors (Lipinski definition) is 6. The van der Waals surface area contributed by atoms with Crippen molar-refractivity contribution in [3.63, 3.8) is 0 Å². The number of aliphatic hydroxyl groups excluding tert-OH is 1. The largest absolute Gasteiger partial charge is 0.480 e. The maximum absolute atomic E-state index is 13.9. The van der Waals surface area contributed by atoms with Gasteiger partial charge in [0, 0.05) is 81.1 Å². The van der Waals surface area contributed by atoms with Gasteiger partial charge in [0.15, 0.2) is 17.3 Å². The number of rotatable bonds is 39. The van der Waals surface area contributed by atoms with Crippen LogP contribution < -0.4 is 11.1 Å². The van der Waals surface area contributed by atoms with Gasteiger partial charge in [-0.1, -0.05) is 99.6 Å². The molecular weight excluding hydrogens is 1810 g/mol. The highest BCUT2D eigenvalue weighted by Gasteiger charge is 2.55. The van der Waals surface area contributed by atoms with Crippen LogP contribution in [0.1, 0.15) is 317 Å². The molecule has 0 bridgehead atoms. The van der Waals surface area contributed by atoms with Crippen molar-refractivity contribution in [2.24, 2.45) is 82.2 Å². The highest BCUT2D eigenvalue weighted by molar-refractivity contribution is 6.40. The zero-order valence-corrected chi connectivity index (χ0v) is 89.7. The van der Waals surface area contributed by atoms with E-state index in [9.17, 15) is 82.4 Å². The number of aliphatic carboxylic acids is 3. The van der Waals surface area contributed by atoms with Crippen LogP contribution in [0.2, 0.25) is 0 Å². The van der Waals surface area contributed by atoms with E-state index in [2.05, 4.69) is 53.1 Å². The number of amides is 4. The highest BCUT2D eigenvalue weighted by atomic mass is 16.5. The molecule has 0 unspecified atom stereocenters. The van der Waals surface area contributed by atoms with E-state index in [0.29, 0.717) is 143 Å². The molecule has 3 saturated carbocycles. The van der Waals surface area contributed by atoms with Crippen LogP contribution in [0.15, 0.2) is 48.1 Å². The number of carboxylic acid groups (broad SMARTS) is 3. The van der Waals surface area contributed by atoms with Gasteiger partial charge in [0.25, 0.3) is 35.1 Å². The minimum atomic E-state index is -1.36. The number of piperidine rings is 3. The van der Waals surface area contributed by atoms with E-state index in [4.69, 9.17) is 53.5 Å². The van der Waals surface area contributed by atoms with Gasteiger partial charge in [-0.25, -0.2) is 14.4 Å². The molecule has 32 heteroatoms. The minimum absolute atomic E-state index is 0.0309. The van der Waals surface area contributed by atoms with Crippen molar-refractivity contribution in [3.8, 4) is 0 Å². The number of carbonyl (C=O) groups excluding carboxylic acids is 11. The Morgan fingerprint density at radius 2 is 0.894 bits per heavy atom. The van der Waals surface area contributed by atoms with Crippen molar-refractivity contribution in [2.75, 3.05) is 68.9 Å². The zero-order chi connectivity index (χ0) is 106. The van der Waals surface area contributed by atoms with Crippen LogP contribution in [0.3, 0.4) is 0 Å². The molecule has 3 aliphatic carbocycles. The number of carboxylic acids is 3. The molecule has 9 aliphatic rings. The molecule has 6 heterocycles. The molecule has 6 saturated heterocycles. The van der Waals surface area contributed by atoms with Crippen molar-refractivity contribution >= 4 is 82.2 Å². The average Bonchev–Trinajstić information content (AvgIpc) is 0.777. The highest BCUT2D eigenvalue weighted by Crippen LogP contribution is 2.48. The number of likely N-dealkylation sites (tertiary alicyclic amines) is 3. The number of methoxy groups -OCH3 is 6. The molecule has 0 aromatic rings. The van der Waals surface area contributed by atoms with Gasteiger partial charge in [-0.05, 0) is 323 Å². The third kappa shape index (κ3) is 35.3. The number of esters is 1. The molecule has 0 aromatic carbocycles. The van der Waals surface area contributed by atoms with Crippen LogP contribution in [0, 0.1) is 76.4 Å². The Labute approximate surface area is 840 Å². The minimum Gasteiger partial charge on any atom is -0.480 e. The van der Waals surface area contributed by atoms with Crippen LogP contribution in [-0.2, 0) is 110 Å². The number of carbonyl (C=O) groups is 14. The molecule has 6 aliphatic heterocycles. The lowest BCUT2D eigenvalue weighted by molar-refractivity contribution is -0.184. The number of hydrogen-bond acceptors (Lipinski definition) is 25. The number of allylic oxidation sites excluding steroid dienone is 4. The van der Waals surface area contributed by atoms with E-state index in [1.165, 1.54) is 61.7 Å². The van der Waals surface area contributed by atoms with Gasteiger partial charge >= 0.3 is 23.9 Å². The van der Waals surface area contributed by atoms with Gasteiger partial charge in [-0.2, -0.15) is 0 Å². The molecular formula is C109H179N5O27. The van der Waals surface area contributed by atoms with Crippen molar-refractivity contribution in [1.82, 2.24) is 20.0 Å². The van der Waals surface area contributed by atoms with Gasteiger partial charge < -0.3 is 88.8 Å². The van der Waals surface area contributed by atoms with Crippen molar-refractivity contribution < 1.29 is 130 Å². The molecule has 141 heavy (non-hydrogen) atoms. The molecule has 7 N–H and O–H groups in total. The summed E-state index contributed by atoms with van der Waals surface area (Å²) in [6, 6.07) is -4.49. The van der Waals surface area contributed by atoms with E-state index in [-0.39, 0.29) is 108 Å². The normalized spacial score (nSPS) is 32.0. The molecule has 4 amide bonds. The Balaban J connectivity index is 0.000000323. The predicted octanol–water partition coefficient (Wildman–Crippen LogP) is 14.8. The predicted molar refractivity (Wildman–Crippen MR) is 536 cm³/mol. The fourth-order valence-corrected chi connectivity index (χ4v) is 22.5. The van der Waals surface area contributed by atoms with Crippen LogP contribution in [-0.4, -0.2) is 282 Å². The molecule has 0 aromatic heterocycles. The fraction of sp³-hybridized carbons (Fsp3) is 0.798. The lowest BCUT2D eigenvalue weighted by Crippen LogP contribution is -2.61. The topological polar surface area (TPSA) is 451 Å². The summed E-state index contributed by atoms with van der Waals surface area (Å²) in [6.45, 7) is 42.6. The van der Waals surface area contributed by atoms with E-state index in [1.54, 1.807) is 62.2 Å². The molecule has 32 nitrogen and oxygen atoms in total. The second-order valence-electron chi connectivity index (χ2n) is 43.8. The van der Waals surface area contributed by atoms with E-state index >= 15 is 0 Å². The first-order valence-corrected chi connectivity index (χ1v) is 52.0. The lowest BCUT2D eigenvalue weighted by atomic mass is 9.63. The summed E-state index contributed by atoms with van der Waals surface area (Å²) in [5.74, 6) is -6.01. The summed E-state index contributed by atoms with van der Waals surface area (Å²) in [7, 11) is 9.53. The standard InChI is InChI=1S/C35H58N2O8.C21H33NO7.C21H33NO6.C19H30O3.C13H25NO3/c1-21(2)28(44-8)17-26-13-12-24(5)35(7,45-26)30(39)32(41)37-16-10-9-11-27(37)31(40)36-29(33(42)43)23(4)18-34(6)15-14-22(3)25(19-34)20-38;1-13-9-10-15(12-17(27-4)14(2)23)29-21(13,3)18(24)19(25)22-11-7-6-8-16(22)20(26)28-5;1-13(2)17(27-5)12-15-10-9-14(3)21(4,28-15)18(23)19(24)22-11-7-6-8-16(22)20(25)26;1-13(6-9-18(21)15(3)11-16(4)20)10-17-8-7-14(2)19(12-17)22-5;1-8-4-5-10(7-11(8)17-3)6-9(2)12(14)13(15)16/h22-29,38H,1,9-20H2,2-8H3,(H,36,40)(H,42,43);13,15-17H,6-12H2,1-5H3;14-17H,1,6-12H2,2-5H3,(H,25,26);6,9,11,13-14,17,19H,7-8,10,12H2,1-5H3;8-12H,4-7,14H2,1-3H3,(H,15,16)/b;;;9-6+,15-11+;/t22-,23-,24-,25+,26+,27+,28+,29-,34+,35-;13-,15+,16+,17+,21-;14-,15+,16+,17+,21-;13-,14+,17-,19+;8-,9-,10+,11-,12+/m11101/s1. The van der Waals surface area contributed by atoms with Gasteiger partial charge in [-0.3, -0.25) is 52.7 Å². The van der Waals surface area contributed by atoms with Crippen LogP contribution in [0.4, 0.5) is 0 Å². The summed E-state index contributed by atoms with van der Waals surface area (Å²) in [5.41, 5.74) is 3.80. The maximum Gasteiger partial charge on any atom is 0.328 e. The third-order valence-corrected chi connectivity index (χ3v) is 32.6. The molecule has 29 atom stereocenters. The first-order valence-electron chi connectivity index (χ1n) is 52.0. The van der Waals surface area contributed by atoms with Crippen LogP contribution in [0.25, 0.3) is 0 Å². The molecule has 9 fully saturated rings. The monoisotopic (exact) mass is 1990 g/mol. The number of nitrogens with one attached hydrogen (secondary N) is 1. The molecule has 9 rings (SSSR count). The Kier molecular flexibility index (Phi) is 51.0. The molecule has 802 valence electrons. The molecule has 0 radical (unpaired) electrons. The number of nitrogens with two attached hydrogens (primary N) is 1. The maximum atomic E-state index is 13.9. The number of nitrogens with zero attached hydrogens (tertiary/aromatic N) is 3. The second-order valence-corrected chi connectivity index (χ2v) is 43.8. The Hall–Kier alpha value is -7.66. The summed E-state index contributed by atoms with van der Waals surface area (Å²) in [6.07, 6.45) is 27.3. The summed E-state index contributed by atoms with van der Waals surface area (Å²) >= 11 is 0. The SMILES string of the molecule is C=C(C)[C@H](C[C@@H]1CC[C@@H](C)[C@](C)(C(=O)C(=O)N2CCCC[C@H]2C(=O)N[C@@H](C(=O)O)[C@H](C)C[C@]2(C)CC[C@@H](C)[C@H](CO)C2)O1)OC.C=C(C)[C@H](C[C@@H]1CC[C@@H](C)[C@](C)(C(=O)C(=O)N2CCCC[C@H]2C(=O)O)O1)OC.COC(=O)[C@@H]1CCCCN1C(=O)C(=O)[C@]1(C)O[C@H](C[C@H](OC)C(C)=O)CC[C@H]1C.CO[C@@H]1C[C@H](C[C@@H](C)/C=C/C(=O)/C(C)=C/C(C)=O)CC[C@H]1C.CO[C@@H]1C[C@H](C[C@@H](C)[C@H](N)C(=O)O)CC[C@H]1C. The summed E-state index contributed by atoms with van der Waals surface area (Å²) in [5, 5.41) is 41.1. The van der Waals surface area contributed by atoms with Crippen molar-refractivity contribution in [1.29, 1.82) is 0 Å². The Morgan fingerprint density at radius 1 is 0.489 bits per heavy atom. The molecule has 0 spiro atoms.